The molecule has 0 atom stereocenters. The minimum Gasteiger partial charge on any atom is -0.469 e. The molecule has 0 saturated heterocycles. The van der Waals surface area contributed by atoms with Crippen LogP contribution in [0.1, 0.15) is 24.0 Å². The van der Waals surface area contributed by atoms with Crippen LogP contribution in [0.3, 0.4) is 0 Å². The summed E-state index contributed by atoms with van der Waals surface area (Å²) in [6.45, 7) is 1.86. The second kappa shape index (κ2) is 9.66. The van der Waals surface area contributed by atoms with E-state index in [0.717, 1.165) is 12.8 Å². The molecule has 2 N–H and O–H groups in total. The molecular formula is C18H25N3O4. The topological polar surface area (TPSA) is 87.7 Å². The van der Waals surface area contributed by atoms with Crippen molar-refractivity contribution in [1.82, 2.24) is 15.5 Å². The second-order valence-electron chi connectivity index (χ2n) is 5.91. The lowest BCUT2D eigenvalue weighted by atomic mass is 10.0. The fraction of sp³-hybridized carbons (Fsp3) is 0.500. The van der Waals surface area contributed by atoms with Gasteiger partial charge in [-0.25, -0.2) is 4.79 Å². The Kier molecular flexibility index (Phi) is 7.25. The standard InChI is InChI=1S/C18H25N3O4/c1-25-17(23)7-11-19-16(22)6-10-20-18(24)21-12-8-14-4-2-3-5-15(14)9-13-21/h2-5H,6-13H2,1H3,(H,19,22)(H,20,24). The molecule has 0 bridgehead atoms. The number of nitrogens with one attached hydrogen (secondary N) is 2. The molecule has 2 rings (SSSR count). The van der Waals surface area contributed by atoms with Crippen molar-refractivity contribution in [3.05, 3.63) is 35.4 Å². The zero-order chi connectivity index (χ0) is 18.1. The number of benzene rings is 1. The summed E-state index contributed by atoms with van der Waals surface area (Å²) in [5, 5.41) is 5.40. The van der Waals surface area contributed by atoms with Crippen molar-refractivity contribution in [3.63, 3.8) is 0 Å². The largest absolute Gasteiger partial charge is 0.469 e. The summed E-state index contributed by atoms with van der Waals surface area (Å²) in [6.07, 6.45) is 2.01. The number of fused-ring (bicyclic) bond motifs is 1. The number of carbonyl (C=O) groups excluding carboxylic acids is 3. The van der Waals surface area contributed by atoms with E-state index in [1.807, 2.05) is 12.1 Å². The number of rotatable bonds is 6. The first-order valence-corrected chi connectivity index (χ1v) is 8.53. The van der Waals surface area contributed by atoms with Gasteiger partial charge in [-0.2, -0.15) is 0 Å². The lowest BCUT2D eigenvalue weighted by Crippen LogP contribution is -2.42. The predicted molar refractivity (Wildman–Crippen MR) is 93.1 cm³/mol. The van der Waals surface area contributed by atoms with Crippen LogP contribution in [0.2, 0.25) is 0 Å². The van der Waals surface area contributed by atoms with Crippen molar-refractivity contribution in [2.24, 2.45) is 0 Å². The maximum Gasteiger partial charge on any atom is 0.317 e. The second-order valence-corrected chi connectivity index (χ2v) is 5.91. The number of urea groups is 1. The van der Waals surface area contributed by atoms with Crippen LogP contribution >= 0.6 is 0 Å². The summed E-state index contributed by atoms with van der Waals surface area (Å²) in [7, 11) is 1.31. The SMILES string of the molecule is COC(=O)CCNC(=O)CCNC(=O)N1CCc2ccccc2CC1. The normalized spacial score (nSPS) is 13.4. The predicted octanol–water partition coefficient (Wildman–Crippen LogP) is 0.866. The highest BCUT2D eigenvalue weighted by Crippen LogP contribution is 2.15. The minimum absolute atomic E-state index is 0.142. The third-order valence-electron chi connectivity index (χ3n) is 4.21. The van der Waals surface area contributed by atoms with E-state index in [2.05, 4.69) is 27.5 Å². The molecule has 7 heteroatoms. The Morgan fingerprint density at radius 1 is 1.00 bits per heavy atom. The quantitative estimate of drug-likeness (QED) is 0.748. The number of methoxy groups -OCH3 is 1. The summed E-state index contributed by atoms with van der Waals surface area (Å²) >= 11 is 0. The summed E-state index contributed by atoms with van der Waals surface area (Å²) in [6, 6.07) is 8.11. The lowest BCUT2D eigenvalue weighted by Gasteiger charge is -2.20. The number of amides is 3. The zero-order valence-corrected chi connectivity index (χ0v) is 14.5. The Morgan fingerprint density at radius 3 is 2.20 bits per heavy atom. The Morgan fingerprint density at radius 2 is 1.60 bits per heavy atom. The Bertz CT molecular complexity index is 591. The molecule has 0 spiro atoms. The van der Waals surface area contributed by atoms with Crippen LogP contribution in [0.5, 0.6) is 0 Å². The molecule has 1 heterocycles. The number of ether oxygens (including phenoxy) is 1. The highest BCUT2D eigenvalue weighted by molar-refractivity contribution is 5.79. The van der Waals surface area contributed by atoms with Gasteiger partial charge >= 0.3 is 12.0 Å². The van der Waals surface area contributed by atoms with E-state index in [-0.39, 0.29) is 43.8 Å². The van der Waals surface area contributed by atoms with Gasteiger partial charge in [-0.3, -0.25) is 9.59 Å². The van der Waals surface area contributed by atoms with Gasteiger partial charge in [-0.15, -0.1) is 0 Å². The van der Waals surface area contributed by atoms with E-state index < -0.39 is 0 Å². The molecule has 1 aromatic rings. The van der Waals surface area contributed by atoms with Gasteiger partial charge in [0.05, 0.1) is 13.5 Å². The average Bonchev–Trinajstić information content (AvgIpc) is 2.84. The molecule has 136 valence electrons. The fourth-order valence-corrected chi connectivity index (χ4v) is 2.76. The number of hydrogen-bond donors (Lipinski definition) is 2. The molecule has 1 aliphatic rings. The maximum atomic E-state index is 12.2. The van der Waals surface area contributed by atoms with Gasteiger partial charge in [-0.05, 0) is 24.0 Å². The summed E-state index contributed by atoms with van der Waals surface area (Å²) in [5.74, 6) is -0.566. The minimum atomic E-state index is -0.365. The number of nitrogens with zero attached hydrogens (tertiary/aromatic N) is 1. The molecule has 1 aliphatic heterocycles. The van der Waals surface area contributed by atoms with Crippen molar-refractivity contribution in [2.45, 2.75) is 25.7 Å². The van der Waals surface area contributed by atoms with Gasteiger partial charge in [0.2, 0.25) is 5.91 Å². The molecule has 0 radical (unpaired) electrons. The Balaban J connectivity index is 1.65. The third kappa shape index (κ3) is 6.10. The van der Waals surface area contributed by atoms with Gasteiger partial charge in [0, 0.05) is 32.6 Å². The molecule has 0 saturated carbocycles. The highest BCUT2D eigenvalue weighted by atomic mass is 16.5. The van der Waals surface area contributed by atoms with Gasteiger partial charge in [0.15, 0.2) is 0 Å². The smallest absolute Gasteiger partial charge is 0.317 e. The van der Waals surface area contributed by atoms with Gasteiger partial charge in [0.25, 0.3) is 0 Å². The maximum absolute atomic E-state index is 12.2. The van der Waals surface area contributed by atoms with Gasteiger partial charge in [0.1, 0.15) is 0 Å². The molecule has 0 fully saturated rings. The Labute approximate surface area is 147 Å². The van der Waals surface area contributed by atoms with Crippen molar-refractivity contribution in [3.8, 4) is 0 Å². The summed E-state index contributed by atoms with van der Waals surface area (Å²) in [4.78, 5) is 36.6. The number of hydrogen-bond acceptors (Lipinski definition) is 4. The Hall–Kier alpha value is -2.57. The van der Waals surface area contributed by atoms with Crippen LogP contribution in [0.25, 0.3) is 0 Å². The van der Waals surface area contributed by atoms with Gasteiger partial charge in [-0.1, -0.05) is 24.3 Å². The average molecular weight is 347 g/mol. The van der Waals surface area contributed by atoms with Crippen LogP contribution in [0.15, 0.2) is 24.3 Å². The first-order chi connectivity index (χ1) is 12.1. The fourth-order valence-electron chi connectivity index (χ4n) is 2.76. The third-order valence-corrected chi connectivity index (χ3v) is 4.21. The van der Waals surface area contributed by atoms with E-state index in [0.29, 0.717) is 13.1 Å². The molecule has 3 amide bonds. The van der Waals surface area contributed by atoms with Crippen molar-refractivity contribution in [1.29, 1.82) is 0 Å². The van der Waals surface area contributed by atoms with E-state index in [1.54, 1.807) is 4.90 Å². The van der Waals surface area contributed by atoms with E-state index >= 15 is 0 Å². The van der Waals surface area contributed by atoms with E-state index in [9.17, 15) is 14.4 Å². The van der Waals surface area contributed by atoms with Crippen LogP contribution in [0, 0.1) is 0 Å². The first kappa shape index (κ1) is 18.8. The molecule has 1 aromatic carbocycles. The molecule has 0 aliphatic carbocycles. The lowest BCUT2D eigenvalue weighted by molar-refractivity contribution is -0.140. The van der Waals surface area contributed by atoms with Crippen LogP contribution in [-0.4, -0.2) is 56.1 Å². The van der Waals surface area contributed by atoms with Gasteiger partial charge < -0.3 is 20.3 Å². The monoisotopic (exact) mass is 347 g/mol. The van der Waals surface area contributed by atoms with Crippen LogP contribution in [-0.2, 0) is 27.2 Å². The van der Waals surface area contributed by atoms with E-state index in [4.69, 9.17) is 0 Å². The van der Waals surface area contributed by atoms with Crippen molar-refractivity contribution in [2.75, 3.05) is 33.3 Å². The zero-order valence-electron chi connectivity index (χ0n) is 14.5. The van der Waals surface area contributed by atoms with Crippen LogP contribution in [0.4, 0.5) is 4.79 Å². The highest BCUT2D eigenvalue weighted by Gasteiger charge is 2.18. The van der Waals surface area contributed by atoms with Crippen molar-refractivity contribution >= 4 is 17.9 Å². The molecular weight excluding hydrogens is 322 g/mol. The van der Waals surface area contributed by atoms with Crippen LogP contribution < -0.4 is 10.6 Å². The number of esters is 1. The number of carbonyl (C=O) groups is 3. The molecule has 25 heavy (non-hydrogen) atoms. The van der Waals surface area contributed by atoms with Crippen molar-refractivity contribution < 1.29 is 19.1 Å². The molecule has 0 unspecified atom stereocenters. The van der Waals surface area contributed by atoms with E-state index in [1.165, 1.54) is 18.2 Å². The molecule has 7 nitrogen and oxygen atoms in total. The summed E-state index contributed by atoms with van der Waals surface area (Å²) < 4.78 is 4.49. The molecule has 0 aromatic heterocycles. The first-order valence-electron chi connectivity index (χ1n) is 8.53. The summed E-state index contributed by atoms with van der Waals surface area (Å²) in [5.41, 5.74) is 2.59.